The van der Waals surface area contributed by atoms with Gasteiger partial charge in [0.15, 0.2) is 0 Å². The molecule has 1 aromatic carbocycles. The van der Waals surface area contributed by atoms with Gasteiger partial charge in [0, 0.05) is 11.3 Å². The first kappa shape index (κ1) is 14.0. The SMILES string of the molecule is CCCOC(=O)[C@@]1(C)C2c3ccc(O)cc3C3(N)C(O)CC231. The van der Waals surface area contributed by atoms with E-state index in [2.05, 4.69) is 0 Å². The van der Waals surface area contributed by atoms with Gasteiger partial charge in [-0.1, -0.05) is 13.0 Å². The van der Waals surface area contributed by atoms with Crippen LogP contribution in [0.5, 0.6) is 5.75 Å². The fourth-order valence-electron chi connectivity index (χ4n) is 5.29. The predicted molar refractivity (Wildman–Crippen MR) is 79.1 cm³/mol. The van der Waals surface area contributed by atoms with E-state index in [9.17, 15) is 15.0 Å². The highest BCUT2D eigenvalue weighted by Crippen LogP contribution is 2.91. The van der Waals surface area contributed by atoms with Crippen molar-refractivity contribution in [2.24, 2.45) is 16.6 Å². The Balaban J connectivity index is 1.81. The van der Waals surface area contributed by atoms with Crippen LogP contribution in [-0.4, -0.2) is 28.9 Å². The zero-order chi connectivity index (χ0) is 15.9. The van der Waals surface area contributed by atoms with Gasteiger partial charge in [0.2, 0.25) is 0 Å². The van der Waals surface area contributed by atoms with Crippen LogP contribution in [-0.2, 0) is 15.1 Å². The number of phenolic OH excluding ortho intramolecular Hbond substituents is 1. The maximum Gasteiger partial charge on any atom is 0.313 e. The second kappa shape index (κ2) is 3.84. The number of fused-ring (bicyclic) bond motifs is 3. The van der Waals surface area contributed by atoms with Crippen LogP contribution in [0.4, 0.5) is 0 Å². The van der Waals surface area contributed by atoms with Gasteiger partial charge < -0.3 is 20.7 Å². The molecule has 5 atom stereocenters. The van der Waals surface area contributed by atoms with Gasteiger partial charge in [-0.25, -0.2) is 0 Å². The second-order valence-corrected chi connectivity index (χ2v) is 7.10. The normalized spacial score (nSPS) is 43.6. The fraction of sp³-hybridized carbons (Fsp3) is 0.588. The van der Waals surface area contributed by atoms with E-state index >= 15 is 0 Å². The van der Waals surface area contributed by atoms with Gasteiger partial charge in [-0.05, 0) is 43.0 Å². The van der Waals surface area contributed by atoms with E-state index in [1.165, 1.54) is 0 Å². The van der Waals surface area contributed by atoms with Crippen molar-refractivity contribution < 1.29 is 19.7 Å². The summed E-state index contributed by atoms with van der Waals surface area (Å²) in [6, 6.07) is 5.07. The molecule has 3 aliphatic carbocycles. The van der Waals surface area contributed by atoms with Crippen molar-refractivity contribution in [3.8, 4) is 5.75 Å². The van der Waals surface area contributed by atoms with Crippen molar-refractivity contribution in [2.45, 2.75) is 44.2 Å². The molecule has 22 heavy (non-hydrogen) atoms. The van der Waals surface area contributed by atoms with Crippen molar-refractivity contribution in [3.63, 3.8) is 0 Å². The average molecular weight is 303 g/mol. The summed E-state index contributed by atoms with van der Waals surface area (Å²) in [7, 11) is 0. The van der Waals surface area contributed by atoms with Crippen LogP contribution in [0.25, 0.3) is 0 Å². The summed E-state index contributed by atoms with van der Waals surface area (Å²) in [5.74, 6) is -0.123. The molecule has 2 fully saturated rings. The lowest BCUT2D eigenvalue weighted by Crippen LogP contribution is -2.66. The minimum Gasteiger partial charge on any atom is -0.508 e. The molecule has 5 nitrogen and oxygen atoms in total. The Morgan fingerprint density at radius 2 is 2.23 bits per heavy atom. The molecular weight excluding hydrogens is 282 g/mol. The third kappa shape index (κ3) is 1.13. The molecule has 4 unspecified atom stereocenters. The van der Waals surface area contributed by atoms with Crippen molar-refractivity contribution in [3.05, 3.63) is 29.3 Å². The van der Waals surface area contributed by atoms with Crippen LogP contribution in [0.15, 0.2) is 18.2 Å². The summed E-state index contributed by atoms with van der Waals surface area (Å²) in [4.78, 5) is 12.6. The fourth-order valence-corrected chi connectivity index (χ4v) is 5.29. The highest BCUT2D eigenvalue weighted by atomic mass is 16.5. The van der Waals surface area contributed by atoms with Crippen molar-refractivity contribution in [1.82, 2.24) is 0 Å². The Morgan fingerprint density at radius 1 is 1.50 bits per heavy atom. The van der Waals surface area contributed by atoms with E-state index in [0.29, 0.717) is 13.0 Å². The first-order valence-corrected chi connectivity index (χ1v) is 7.83. The maximum absolute atomic E-state index is 12.6. The number of rotatable bonds is 3. The lowest BCUT2D eigenvalue weighted by atomic mass is 9.57. The number of aromatic hydroxyl groups is 1. The summed E-state index contributed by atoms with van der Waals surface area (Å²) >= 11 is 0. The smallest absolute Gasteiger partial charge is 0.313 e. The van der Waals surface area contributed by atoms with Gasteiger partial charge in [-0.3, -0.25) is 4.79 Å². The van der Waals surface area contributed by atoms with Gasteiger partial charge in [0.05, 0.1) is 23.7 Å². The molecule has 0 heterocycles. The number of hydrogen-bond acceptors (Lipinski definition) is 5. The summed E-state index contributed by atoms with van der Waals surface area (Å²) in [6.07, 6.45) is 0.584. The van der Waals surface area contributed by atoms with Gasteiger partial charge in [0.25, 0.3) is 0 Å². The van der Waals surface area contributed by atoms with Crippen molar-refractivity contribution in [2.75, 3.05) is 6.61 Å². The molecule has 1 spiro atoms. The van der Waals surface area contributed by atoms with E-state index < -0.39 is 22.5 Å². The van der Waals surface area contributed by atoms with Gasteiger partial charge in [-0.2, -0.15) is 0 Å². The summed E-state index contributed by atoms with van der Waals surface area (Å²) in [5, 5.41) is 20.1. The Bertz CT molecular complexity index is 689. The van der Waals surface area contributed by atoms with Crippen LogP contribution < -0.4 is 5.73 Å². The Labute approximate surface area is 129 Å². The minimum absolute atomic E-state index is 0.0339. The van der Waals surface area contributed by atoms with Crippen molar-refractivity contribution in [1.29, 1.82) is 0 Å². The molecule has 0 saturated heterocycles. The van der Waals surface area contributed by atoms with Crippen LogP contribution in [0.3, 0.4) is 0 Å². The number of phenols is 1. The van der Waals surface area contributed by atoms with E-state index in [-0.39, 0.29) is 17.6 Å². The van der Waals surface area contributed by atoms with E-state index in [1.54, 1.807) is 12.1 Å². The summed E-state index contributed by atoms with van der Waals surface area (Å²) < 4.78 is 5.40. The number of aliphatic hydroxyl groups is 1. The minimum atomic E-state index is -0.967. The molecule has 1 aromatic rings. The highest BCUT2D eigenvalue weighted by molar-refractivity contribution is 5.88. The molecule has 0 radical (unpaired) electrons. The molecule has 0 aliphatic heterocycles. The lowest BCUT2D eigenvalue weighted by Gasteiger charge is -2.53. The van der Waals surface area contributed by atoms with Crippen LogP contribution in [0, 0.1) is 10.8 Å². The number of benzene rings is 1. The number of aliphatic hydroxyl groups excluding tert-OH is 1. The predicted octanol–water partition coefficient (Wildman–Crippen LogP) is 1.37. The Kier molecular flexibility index (Phi) is 2.45. The molecule has 4 rings (SSSR count). The summed E-state index contributed by atoms with van der Waals surface area (Å²) in [5.41, 5.74) is 6.20. The average Bonchev–Trinajstić information content (AvgIpc) is 3.01. The van der Waals surface area contributed by atoms with Crippen molar-refractivity contribution >= 4 is 5.97 Å². The third-order valence-corrected chi connectivity index (χ3v) is 6.35. The number of carbonyl (C=O) groups is 1. The first-order chi connectivity index (χ1) is 10.4. The quantitative estimate of drug-likeness (QED) is 0.733. The second-order valence-electron chi connectivity index (χ2n) is 7.10. The first-order valence-electron chi connectivity index (χ1n) is 7.83. The van der Waals surface area contributed by atoms with E-state index in [4.69, 9.17) is 10.5 Å². The molecule has 5 heteroatoms. The molecule has 0 bridgehead atoms. The highest BCUT2D eigenvalue weighted by Gasteiger charge is 2.94. The van der Waals surface area contributed by atoms with Crippen LogP contribution >= 0.6 is 0 Å². The zero-order valence-corrected chi connectivity index (χ0v) is 12.8. The molecule has 0 amide bonds. The van der Waals surface area contributed by atoms with E-state index in [1.807, 2.05) is 19.9 Å². The van der Waals surface area contributed by atoms with E-state index in [0.717, 1.165) is 17.5 Å². The molecule has 118 valence electrons. The number of hydrogen-bond donors (Lipinski definition) is 3. The standard InChI is InChI=1S/C17H21NO4/c1-3-6-22-14(21)15(2)13-10-5-4-9(19)7-11(10)17(18)12(20)8-16(13,15)17/h4-5,7,12-13,19-20H,3,6,8,18H2,1-2H3/t12?,13?,15-,16?,17?/m1/s1. The molecule has 2 saturated carbocycles. The number of carbonyl (C=O) groups excluding carboxylic acids is 1. The van der Waals surface area contributed by atoms with Gasteiger partial charge in [0.1, 0.15) is 5.75 Å². The largest absolute Gasteiger partial charge is 0.508 e. The lowest BCUT2D eigenvalue weighted by molar-refractivity contribution is -0.159. The number of esters is 1. The molecular formula is C17H21NO4. The Morgan fingerprint density at radius 3 is 2.86 bits per heavy atom. The van der Waals surface area contributed by atoms with Crippen LogP contribution in [0.2, 0.25) is 0 Å². The molecule has 3 aliphatic rings. The summed E-state index contributed by atoms with van der Waals surface area (Å²) in [6.45, 7) is 4.26. The third-order valence-electron chi connectivity index (χ3n) is 6.35. The molecule has 0 aromatic heterocycles. The topological polar surface area (TPSA) is 92.8 Å². The number of nitrogens with two attached hydrogens (primary N) is 1. The van der Waals surface area contributed by atoms with Crippen LogP contribution in [0.1, 0.15) is 43.7 Å². The number of ether oxygens (including phenoxy) is 1. The van der Waals surface area contributed by atoms with Gasteiger partial charge in [-0.15, -0.1) is 0 Å². The maximum atomic E-state index is 12.6. The van der Waals surface area contributed by atoms with Gasteiger partial charge >= 0.3 is 5.97 Å². The molecule has 4 N–H and O–H groups in total. The zero-order valence-electron chi connectivity index (χ0n) is 12.8. The monoisotopic (exact) mass is 303 g/mol. The Hall–Kier alpha value is -1.59.